The third-order valence-corrected chi connectivity index (χ3v) is 3.58. The quantitative estimate of drug-likeness (QED) is 0.870. The molecule has 0 atom stereocenters. The van der Waals surface area contributed by atoms with Crippen LogP contribution in [0.1, 0.15) is 22.8 Å². The molecule has 1 amide bonds. The molecule has 1 heterocycles. The molecule has 0 aromatic heterocycles. The smallest absolute Gasteiger partial charge is 0.257 e. The maximum Gasteiger partial charge on any atom is 0.257 e. The van der Waals surface area contributed by atoms with Crippen LogP contribution in [-0.2, 0) is 6.54 Å². The first-order chi connectivity index (χ1) is 10.7. The Kier molecular flexibility index (Phi) is 3.96. The Hall–Kier alpha value is -2.56. The second-order valence-electron chi connectivity index (χ2n) is 4.99. The second-order valence-corrected chi connectivity index (χ2v) is 4.99. The van der Waals surface area contributed by atoms with Crippen LogP contribution >= 0.6 is 0 Å². The van der Waals surface area contributed by atoms with E-state index in [9.17, 15) is 9.18 Å². The van der Waals surface area contributed by atoms with Crippen LogP contribution in [0.5, 0.6) is 11.5 Å². The molecule has 22 heavy (non-hydrogen) atoms. The van der Waals surface area contributed by atoms with E-state index < -0.39 is 5.82 Å². The molecule has 3 rings (SSSR count). The highest BCUT2D eigenvalue weighted by Gasteiger charge is 2.19. The summed E-state index contributed by atoms with van der Waals surface area (Å²) in [7, 11) is 0. The van der Waals surface area contributed by atoms with Gasteiger partial charge in [-0.15, -0.1) is 0 Å². The molecule has 1 aliphatic heterocycles. The van der Waals surface area contributed by atoms with Crippen molar-refractivity contribution in [3.05, 3.63) is 59.4 Å². The molecule has 2 aromatic rings. The van der Waals surface area contributed by atoms with Crippen molar-refractivity contribution in [1.82, 2.24) is 4.90 Å². The summed E-state index contributed by atoms with van der Waals surface area (Å²) in [6, 6.07) is 11.6. The van der Waals surface area contributed by atoms with Gasteiger partial charge in [0.05, 0.1) is 5.56 Å². The minimum absolute atomic E-state index is 0.0880. The predicted molar refractivity (Wildman–Crippen MR) is 79.4 cm³/mol. The molecule has 114 valence electrons. The van der Waals surface area contributed by atoms with Crippen LogP contribution in [0.4, 0.5) is 4.39 Å². The van der Waals surface area contributed by atoms with E-state index in [2.05, 4.69) is 0 Å². The summed E-state index contributed by atoms with van der Waals surface area (Å²) >= 11 is 0. The van der Waals surface area contributed by atoms with E-state index in [1.165, 1.54) is 12.1 Å². The second kappa shape index (κ2) is 6.05. The van der Waals surface area contributed by atoms with E-state index in [1.54, 1.807) is 17.0 Å². The molecule has 0 saturated carbocycles. The zero-order chi connectivity index (χ0) is 15.5. The maximum atomic E-state index is 13.8. The zero-order valence-electron chi connectivity index (χ0n) is 12.2. The van der Waals surface area contributed by atoms with Crippen LogP contribution < -0.4 is 9.47 Å². The van der Waals surface area contributed by atoms with E-state index in [1.807, 2.05) is 25.1 Å². The van der Waals surface area contributed by atoms with Crippen molar-refractivity contribution in [3.8, 4) is 11.5 Å². The number of amides is 1. The van der Waals surface area contributed by atoms with Gasteiger partial charge in [0.2, 0.25) is 6.79 Å². The van der Waals surface area contributed by atoms with Gasteiger partial charge in [-0.25, -0.2) is 4.39 Å². The number of hydrogen-bond donors (Lipinski definition) is 0. The average Bonchev–Trinajstić information content (AvgIpc) is 3.00. The lowest BCUT2D eigenvalue weighted by atomic mass is 10.1. The molecule has 0 fully saturated rings. The van der Waals surface area contributed by atoms with Gasteiger partial charge in [-0.3, -0.25) is 4.79 Å². The van der Waals surface area contributed by atoms with Crippen molar-refractivity contribution < 1.29 is 18.7 Å². The topological polar surface area (TPSA) is 38.8 Å². The number of carbonyl (C=O) groups excluding carboxylic acids is 1. The highest BCUT2D eigenvalue weighted by Crippen LogP contribution is 2.32. The van der Waals surface area contributed by atoms with Gasteiger partial charge < -0.3 is 14.4 Å². The van der Waals surface area contributed by atoms with Crippen LogP contribution in [0, 0.1) is 5.82 Å². The van der Waals surface area contributed by atoms with E-state index >= 15 is 0 Å². The Labute approximate surface area is 128 Å². The first-order valence-corrected chi connectivity index (χ1v) is 7.11. The number of carbonyl (C=O) groups is 1. The van der Waals surface area contributed by atoms with Crippen molar-refractivity contribution in [3.63, 3.8) is 0 Å². The molecule has 0 radical (unpaired) electrons. The minimum Gasteiger partial charge on any atom is -0.454 e. The number of benzene rings is 2. The Bertz CT molecular complexity index is 702. The van der Waals surface area contributed by atoms with Gasteiger partial charge in [0, 0.05) is 13.1 Å². The largest absolute Gasteiger partial charge is 0.454 e. The standard InChI is InChI=1S/C17H16FNO3/c1-2-19(17(20)13-5-3-4-6-14(13)18)10-12-7-8-15-16(9-12)22-11-21-15/h3-9H,2,10-11H2,1H3. The van der Waals surface area contributed by atoms with E-state index in [0.717, 1.165) is 5.56 Å². The third-order valence-electron chi connectivity index (χ3n) is 3.58. The number of fused-ring (bicyclic) bond motifs is 1. The van der Waals surface area contributed by atoms with Gasteiger partial charge in [-0.2, -0.15) is 0 Å². The van der Waals surface area contributed by atoms with Crippen molar-refractivity contribution in [2.45, 2.75) is 13.5 Å². The van der Waals surface area contributed by atoms with E-state index in [4.69, 9.17) is 9.47 Å². The van der Waals surface area contributed by atoms with Crippen molar-refractivity contribution in [2.24, 2.45) is 0 Å². The Morgan fingerprint density at radius 2 is 1.95 bits per heavy atom. The lowest BCUT2D eigenvalue weighted by Gasteiger charge is -2.21. The lowest BCUT2D eigenvalue weighted by molar-refractivity contribution is 0.0747. The van der Waals surface area contributed by atoms with Crippen LogP contribution in [0.2, 0.25) is 0 Å². The van der Waals surface area contributed by atoms with Crippen LogP contribution in [-0.4, -0.2) is 24.1 Å². The van der Waals surface area contributed by atoms with Gasteiger partial charge in [0.15, 0.2) is 11.5 Å². The summed E-state index contributed by atoms with van der Waals surface area (Å²) in [6.45, 7) is 2.96. The molecule has 0 unspecified atom stereocenters. The molecule has 0 bridgehead atoms. The fraction of sp³-hybridized carbons (Fsp3) is 0.235. The number of rotatable bonds is 4. The summed E-state index contributed by atoms with van der Waals surface area (Å²) in [5.74, 6) is 0.550. The summed E-state index contributed by atoms with van der Waals surface area (Å²) in [5.41, 5.74) is 1.00. The fourth-order valence-corrected chi connectivity index (χ4v) is 2.39. The van der Waals surface area contributed by atoms with E-state index in [0.29, 0.717) is 24.6 Å². The molecule has 4 nitrogen and oxygen atoms in total. The highest BCUT2D eigenvalue weighted by atomic mass is 19.1. The third kappa shape index (κ3) is 2.74. The average molecular weight is 301 g/mol. The number of hydrogen-bond acceptors (Lipinski definition) is 3. The SMILES string of the molecule is CCN(Cc1ccc2c(c1)OCO2)C(=O)c1ccccc1F. The predicted octanol–water partition coefficient (Wildman–Crippen LogP) is 3.22. The number of halogens is 1. The molecule has 0 saturated heterocycles. The monoisotopic (exact) mass is 301 g/mol. The maximum absolute atomic E-state index is 13.8. The Morgan fingerprint density at radius 1 is 1.18 bits per heavy atom. The number of ether oxygens (including phenoxy) is 2. The van der Waals surface area contributed by atoms with Gasteiger partial charge in [0.25, 0.3) is 5.91 Å². The zero-order valence-corrected chi connectivity index (χ0v) is 12.2. The first-order valence-electron chi connectivity index (χ1n) is 7.11. The van der Waals surface area contributed by atoms with Gasteiger partial charge in [0.1, 0.15) is 5.82 Å². The molecular formula is C17H16FNO3. The molecule has 2 aromatic carbocycles. The first kappa shape index (κ1) is 14.4. The summed E-state index contributed by atoms with van der Waals surface area (Å²) < 4.78 is 24.4. The fourth-order valence-electron chi connectivity index (χ4n) is 2.39. The molecule has 0 N–H and O–H groups in total. The minimum atomic E-state index is -0.503. The van der Waals surface area contributed by atoms with Gasteiger partial charge in [-0.05, 0) is 36.8 Å². The van der Waals surface area contributed by atoms with Crippen molar-refractivity contribution in [2.75, 3.05) is 13.3 Å². The van der Waals surface area contributed by atoms with Crippen molar-refractivity contribution in [1.29, 1.82) is 0 Å². The van der Waals surface area contributed by atoms with Crippen LogP contribution in [0.3, 0.4) is 0 Å². The summed E-state index contributed by atoms with van der Waals surface area (Å²) in [4.78, 5) is 14.1. The van der Waals surface area contributed by atoms with E-state index in [-0.39, 0.29) is 18.3 Å². The molecule has 1 aliphatic rings. The molecule has 0 aliphatic carbocycles. The van der Waals surface area contributed by atoms with Crippen molar-refractivity contribution >= 4 is 5.91 Å². The highest BCUT2D eigenvalue weighted by molar-refractivity contribution is 5.94. The molecule has 0 spiro atoms. The van der Waals surface area contributed by atoms with Crippen LogP contribution in [0.25, 0.3) is 0 Å². The summed E-state index contributed by atoms with van der Waals surface area (Å²) in [5, 5.41) is 0. The lowest BCUT2D eigenvalue weighted by Crippen LogP contribution is -2.30. The van der Waals surface area contributed by atoms with Gasteiger partial charge >= 0.3 is 0 Å². The summed E-state index contributed by atoms with van der Waals surface area (Å²) in [6.07, 6.45) is 0. The van der Waals surface area contributed by atoms with Crippen LogP contribution in [0.15, 0.2) is 42.5 Å². The van der Waals surface area contributed by atoms with Gasteiger partial charge in [-0.1, -0.05) is 18.2 Å². The normalized spacial score (nSPS) is 12.3. The Morgan fingerprint density at radius 3 is 2.73 bits per heavy atom. The Balaban J connectivity index is 1.80. The molecular weight excluding hydrogens is 285 g/mol. The number of nitrogens with zero attached hydrogens (tertiary/aromatic N) is 1. The molecule has 5 heteroatoms.